The second-order valence-electron chi connectivity index (χ2n) is 3.05. The molecule has 0 unspecified atom stereocenters. The van der Waals surface area contributed by atoms with Gasteiger partial charge in [0.05, 0.1) is 0 Å². The van der Waals surface area contributed by atoms with Gasteiger partial charge >= 0.3 is 7.32 Å². The van der Waals surface area contributed by atoms with Crippen LogP contribution in [0.3, 0.4) is 0 Å². The summed E-state index contributed by atoms with van der Waals surface area (Å²) in [6.07, 6.45) is 1.74. The van der Waals surface area contributed by atoms with Crippen molar-refractivity contribution in [3.63, 3.8) is 0 Å². The van der Waals surface area contributed by atoms with Gasteiger partial charge in [-0.05, 0) is 30.0 Å². The second-order valence-corrected chi connectivity index (χ2v) is 3.05. The lowest BCUT2D eigenvalue weighted by atomic mass is 10.0. The fourth-order valence-corrected chi connectivity index (χ4v) is 1.57. The number of benzene rings is 1. The fraction of sp³-hybridized carbons (Fsp3) is 0.400. The quantitative estimate of drug-likeness (QED) is 0.707. The zero-order valence-electron chi connectivity index (χ0n) is 8.53. The average molecular weight is 194 g/mol. The monoisotopic (exact) mass is 194 g/mol. The molecule has 0 fully saturated rings. The van der Waals surface area contributed by atoms with E-state index < -0.39 is 7.32 Å². The van der Waals surface area contributed by atoms with Crippen LogP contribution in [-0.2, 0) is 12.8 Å². The van der Waals surface area contributed by atoms with E-state index in [1.165, 1.54) is 5.56 Å². The van der Waals surface area contributed by atoms with E-state index in [0.717, 1.165) is 18.4 Å². The number of hydrogen-bond donors (Lipinski definition) is 2. The summed E-state index contributed by atoms with van der Waals surface area (Å²) in [5.74, 6) is 0.557. The van der Waals surface area contributed by atoms with Crippen molar-refractivity contribution in [2.45, 2.75) is 26.7 Å². The SMILES string of the molecule is CCc1cccc(OB(O)O)c1CC. The van der Waals surface area contributed by atoms with Gasteiger partial charge < -0.3 is 14.7 Å². The van der Waals surface area contributed by atoms with Gasteiger partial charge in [0.2, 0.25) is 0 Å². The Kier molecular flexibility index (Phi) is 3.98. The van der Waals surface area contributed by atoms with Crippen LogP contribution in [0.1, 0.15) is 25.0 Å². The fourth-order valence-electron chi connectivity index (χ4n) is 1.57. The molecular formula is C10H15BO3. The molecule has 0 aliphatic rings. The first-order valence-corrected chi connectivity index (χ1v) is 4.82. The standard InChI is InChI=1S/C10H15BO3/c1-3-8-6-5-7-10(9(8)4-2)14-11(12)13/h5-7,12-13H,3-4H2,1-2H3. The van der Waals surface area contributed by atoms with Crippen molar-refractivity contribution in [1.29, 1.82) is 0 Å². The summed E-state index contributed by atoms with van der Waals surface area (Å²) in [5.41, 5.74) is 2.23. The largest absolute Gasteiger partial charge is 0.707 e. The highest BCUT2D eigenvalue weighted by Crippen LogP contribution is 2.23. The van der Waals surface area contributed by atoms with Gasteiger partial charge in [-0.3, -0.25) is 0 Å². The van der Waals surface area contributed by atoms with Gasteiger partial charge in [0, 0.05) is 0 Å². The van der Waals surface area contributed by atoms with Crippen LogP contribution in [0.4, 0.5) is 0 Å². The van der Waals surface area contributed by atoms with Gasteiger partial charge in [-0.25, -0.2) is 0 Å². The molecule has 0 heterocycles. The van der Waals surface area contributed by atoms with Crippen LogP contribution < -0.4 is 4.65 Å². The Morgan fingerprint density at radius 1 is 1.21 bits per heavy atom. The lowest BCUT2D eigenvalue weighted by Gasteiger charge is -2.13. The highest BCUT2D eigenvalue weighted by molar-refractivity contribution is 6.33. The smallest absolute Gasteiger partial charge is 0.512 e. The molecule has 4 heteroatoms. The molecule has 0 aliphatic carbocycles. The van der Waals surface area contributed by atoms with Crippen LogP contribution in [-0.4, -0.2) is 17.4 Å². The third-order valence-corrected chi connectivity index (χ3v) is 2.20. The van der Waals surface area contributed by atoms with Crippen LogP contribution >= 0.6 is 0 Å². The highest BCUT2D eigenvalue weighted by atomic mass is 16.6. The molecule has 3 nitrogen and oxygen atoms in total. The molecule has 0 aromatic heterocycles. The maximum atomic E-state index is 8.72. The van der Waals surface area contributed by atoms with Crippen LogP contribution in [0, 0.1) is 0 Å². The van der Waals surface area contributed by atoms with Crippen LogP contribution in [0.2, 0.25) is 0 Å². The normalized spacial score (nSPS) is 10.0. The maximum Gasteiger partial charge on any atom is 0.707 e. The molecule has 0 bridgehead atoms. The van der Waals surface area contributed by atoms with E-state index in [9.17, 15) is 0 Å². The molecule has 2 N–H and O–H groups in total. The molecule has 1 aromatic carbocycles. The molecule has 0 saturated heterocycles. The van der Waals surface area contributed by atoms with Gasteiger partial charge in [0.15, 0.2) is 0 Å². The van der Waals surface area contributed by atoms with Crippen molar-refractivity contribution >= 4 is 7.32 Å². The molecule has 1 rings (SSSR count). The Morgan fingerprint density at radius 2 is 1.93 bits per heavy atom. The van der Waals surface area contributed by atoms with Gasteiger partial charge in [0.25, 0.3) is 0 Å². The first-order valence-electron chi connectivity index (χ1n) is 4.82. The summed E-state index contributed by atoms with van der Waals surface area (Å²) in [6, 6.07) is 5.63. The number of aryl methyl sites for hydroxylation is 1. The molecule has 0 amide bonds. The lowest BCUT2D eigenvalue weighted by molar-refractivity contribution is 0.287. The Morgan fingerprint density at radius 3 is 2.43 bits per heavy atom. The Labute approximate surface area is 84.5 Å². The first kappa shape index (κ1) is 11.1. The molecule has 1 aromatic rings. The Hall–Kier alpha value is -0.995. The topological polar surface area (TPSA) is 49.7 Å². The first-order chi connectivity index (χ1) is 6.69. The van der Waals surface area contributed by atoms with E-state index >= 15 is 0 Å². The Balaban J connectivity index is 3.02. The van der Waals surface area contributed by atoms with Crippen LogP contribution in [0.25, 0.3) is 0 Å². The van der Waals surface area contributed by atoms with E-state index in [1.807, 2.05) is 19.1 Å². The van der Waals surface area contributed by atoms with Gasteiger partial charge in [-0.2, -0.15) is 0 Å². The predicted octanol–water partition coefficient (Wildman–Crippen LogP) is 1.16. The highest BCUT2D eigenvalue weighted by Gasteiger charge is 2.14. The van der Waals surface area contributed by atoms with Crippen molar-refractivity contribution in [2.75, 3.05) is 0 Å². The van der Waals surface area contributed by atoms with E-state index in [1.54, 1.807) is 6.07 Å². The molecule has 0 spiro atoms. The van der Waals surface area contributed by atoms with Crippen LogP contribution in [0.5, 0.6) is 5.75 Å². The van der Waals surface area contributed by atoms with E-state index in [2.05, 4.69) is 6.92 Å². The molecule has 0 radical (unpaired) electrons. The second kappa shape index (κ2) is 5.03. The third kappa shape index (κ3) is 2.50. The van der Waals surface area contributed by atoms with Gasteiger partial charge in [-0.15, -0.1) is 0 Å². The molecule has 0 atom stereocenters. The minimum Gasteiger partial charge on any atom is -0.512 e. The molecule has 14 heavy (non-hydrogen) atoms. The van der Waals surface area contributed by atoms with E-state index in [4.69, 9.17) is 14.7 Å². The summed E-state index contributed by atoms with van der Waals surface area (Å²) in [6.45, 7) is 4.08. The van der Waals surface area contributed by atoms with Gasteiger partial charge in [-0.1, -0.05) is 26.0 Å². The van der Waals surface area contributed by atoms with Crippen molar-refractivity contribution in [1.82, 2.24) is 0 Å². The van der Waals surface area contributed by atoms with Crippen molar-refractivity contribution in [2.24, 2.45) is 0 Å². The zero-order chi connectivity index (χ0) is 10.6. The summed E-state index contributed by atoms with van der Waals surface area (Å²) in [7, 11) is -1.74. The Bertz CT molecular complexity index is 299. The lowest BCUT2D eigenvalue weighted by Crippen LogP contribution is -2.21. The minimum atomic E-state index is -1.74. The maximum absolute atomic E-state index is 8.72. The average Bonchev–Trinajstić information content (AvgIpc) is 2.16. The minimum absolute atomic E-state index is 0.557. The zero-order valence-corrected chi connectivity index (χ0v) is 8.53. The molecule has 0 aliphatic heterocycles. The van der Waals surface area contributed by atoms with Crippen molar-refractivity contribution in [3.8, 4) is 5.75 Å². The van der Waals surface area contributed by atoms with Gasteiger partial charge in [0.1, 0.15) is 5.75 Å². The molecular weight excluding hydrogens is 179 g/mol. The molecule has 0 saturated carbocycles. The third-order valence-electron chi connectivity index (χ3n) is 2.20. The summed E-state index contributed by atoms with van der Waals surface area (Å²) in [4.78, 5) is 0. The number of rotatable bonds is 4. The summed E-state index contributed by atoms with van der Waals surface area (Å²) >= 11 is 0. The summed E-state index contributed by atoms with van der Waals surface area (Å²) < 4.78 is 4.89. The number of hydrogen-bond acceptors (Lipinski definition) is 3. The van der Waals surface area contributed by atoms with Crippen LogP contribution in [0.15, 0.2) is 18.2 Å². The summed E-state index contributed by atoms with van der Waals surface area (Å²) in [5, 5.41) is 17.4. The predicted molar refractivity (Wildman–Crippen MR) is 56.0 cm³/mol. The van der Waals surface area contributed by atoms with E-state index in [-0.39, 0.29) is 0 Å². The van der Waals surface area contributed by atoms with Crippen molar-refractivity contribution < 1.29 is 14.7 Å². The van der Waals surface area contributed by atoms with E-state index in [0.29, 0.717) is 5.75 Å². The van der Waals surface area contributed by atoms with Crippen molar-refractivity contribution in [3.05, 3.63) is 29.3 Å². The molecule has 76 valence electrons.